The van der Waals surface area contributed by atoms with Crippen molar-refractivity contribution >= 4 is 15.6 Å². The Kier molecular flexibility index (Phi) is 6.03. The van der Waals surface area contributed by atoms with Crippen LogP contribution in [0.1, 0.15) is 0 Å². The third kappa shape index (κ3) is 11.4. The van der Waals surface area contributed by atoms with Gasteiger partial charge in [0.05, 0.1) is 0 Å². The molecule has 0 heterocycles. The van der Waals surface area contributed by atoms with Gasteiger partial charge in [-0.2, -0.15) is 30.7 Å². The number of phosphoric acid groups is 2. The summed E-state index contributed by atoms with van der Waals surface area (Å²) >= 11 is 0. The molecule has 0 unspecified atom stereocenters. The van der Waals surface area contributed by atoms with Crippen LogP contribution < -0.4 is 0 Å². The van der Waals surface area contributed by atoms with E-state index in [0.29, 0.717) is 0 Å². The maximum atomic E-state index is 11.7. The molecule has 0 saturated heterocycles. The standard InChI is InChI=1S/C4H6F6O7P2/c5-3(6,7)1-15-19(14,17-18(11,12)13)16-2-4(8,9)10/h1-2H2,(H2,11,12,13). The molecule has 0 amide bonds. The summed E-state index contributed by atoms with van der Waals surface area (Å²) in [6, 6.07) is 0. The minimum absolute atomic E-state index is 2.39. The van der Waals surface area contributed by atoms with Crippen molar-refractivity contribution in [2.24, 2.45) is 0 Å². The van der Waals surface area contributed by atoms with Gasteiger partial charge in [0.2, 0.25) is 0 Å². The summed E-state index contributed by atoms with van der Waals surface area (Å²) in [5.41, 5.74) is 0. The highest BCUT2D eigenvalue weighted by molar-refractivity contribution is 7.61. The summed E-state index contributed by atoms with van der Waals surface area (Å²) < 4.78 is 102. The zero-order chi connectivity index (χ0) is 15.5. The zero-order valence-electron chi connectivity index (χ0n) is 8.51. The first-order valence-electron chi connectivity index (χ1n) is 3.91. The molecule has 0 aromatic heterocycles. The number of hydrogen-bond donors (Lipinski definition) is 2. The van der Waals surface area contributed by atoms with Crippen LogP contribution in [0.25, 0.3) is 0 Å². The van der Waals surface area contributed by atoms with E-state index >= 15 is 0 Å². The van der Waals surface area contributed by atoms with Gasteiger partial charge in [-0.3, -0.25) is 9.05 Å². The molecule has 0 rings (SSSR count). The largest absolute Gasteiger partial charge is 0.484 e. The van der Waals surface area contributed by atoms with Gasteiger partial charge in [0, 0.05) is 0 Å². The second kappa shape index (κ2) is 6.08. The molecule has 0 aromatic rings. The third-order valence-corrected chi connectivity index (χ3v) is 3.52. The summed E-state index contributed by atoms with van der Waals surface area (Å²) in [6.45, 7) is -4.77. The molecule has 0 aliphatic carbocycles. The van der Waals surface area contributed by atoms with Gasteiger partial charge in [-0.05, 0) is 0 Å². The summed E-state index contributed by atoms with van der Waals surface area (Å²) in [7, 11) is -11.4. The summed E-state index contributed by atoms with van der Waals surface area (Å²) in [6.07, 6.45) is -10.3. The molecule has 0 fully saturated rings. The molecular formula is C4H6F6O7P2. The van der Waals surface area contributed by atoms with E-state index in [4.69, 9.17) is 9.79 Å². The quantitative estimate of drug-likeness (QED) is 0.564. The smallest absolute Gasteiger partial charge is 0.302 e. The molecule has 7 nitrogen and oxygen atoms in total. The first kappa shape index (κ1) is 18.8. The highest BCUT2D eigenvalue weighted by Gasteiger charge is 2.43. The lowest BCUT2D eigenvalue weighted by Gasteiger charge is -2.19. The molecule has 0 aliphatic rings. The van der Waals surface area contributed by atoms with Crippen LogP contribution in [-0.2, 0) is 22.5 Å². The van der Waals surface area contributed by atoms with Gasteiger partial charge in [0.25, 0.3) is 0 Å². The topological polar surface area (TPSA) is 102 Å². The highest BCUT2D eigenvalue weighted by atomic mass is 31.3. The molecule has 2 N–H and O–H groups in total. The van der Waals surface area contributed by atoms with E-state index in [-0.39, 0.29) is 0 Å². The molecule has 0 atom stereocenters. The molecule has 116 valence electrons. The lowest BCUT2D eigenvalue weighted by Crippen LogP contribution is -2.20. The Labute approximate surface area is 101 Å². The summed E-state index contributed by atoms with van der Waals surface area (Å²) in [5, 5.41) is 0. The van der Waals surface area contributed by atoms with Crippen LogP contribution in [-0.4, -0.2) is 35.4 Å². The fourth-order valence-electron chi connectivity index (χ4n) is 0.519. The maximum absolute atomic E-state index is 11.7. The molecule has 15 heteroatoms. The van der Waals surface area contributed by atoms with E-state index in [1.807, 2.05) is 0 Å². The van der Waals surface area contributed by atoms with E-state index in [9.17, 15) is 35.5 Å². The van der Waals surface area contributed by atoms with Gasteiger partial charge >= 0.3 is 28.0 Å². The van der Waals surface area contributed by atoms with Crippen LogP contribution >= 0.6 is 15.6 Å². The Morgan fingerprint density at radius 1 is 0.842 bits per heavy atom. The lowest BCUT2D eigenvalue weighted by molar-refractivity contribution is -0.169. The predicted octanol–water partition coefficient (Wildman–Crippen LogP) is 2.36. The van der Waals surface area contributed by atoms with Crippen LogP contribution in [0, 0.1) is 0 Å². The molecule has 0 aliphatic heterocycles. The fraction of sp³-hybridized carbons (Fsp3) is 1.00. The van der Waals surface area contributed by atoms with Gasteiger partial charge in [-0.25, -0.2) is 9.13 Å². The lowest BCUT2D eigenvalue weighted by atomic mass is 10.7. The van der Waals surface area contributed by atoms with E-state index < -0.39 is 41.2 Å². The van der Waals surface area contributed by atoms with Gasteiger partial charge in [-0.1, -0.05) is 0 Å². The number of halogens is 6. The average Bonchev–Trinajstić information content (AvgIpc) is 2.07. The highest BCUT2D eigenvalue weighted by Crippen LogP contribution is 2.61. The first-order valence-corrected chi connectivity index (χ1v) is 6.90. The summed E-state index contributed by atoms with van der Waals surface area (Å²) in [5.74, 6) is 0. The maximum Gasteiger partial charge on any atom is 0.484 e. The third-order valence-electron chi connectivity index (χ3n) is 0.979. The first-order chi connectivity index (χ1) is 8.12. The number of phosphoric ester groups is 1. The van der Waals surface area contributed by atoms with Gasteiger partial charge in [-0.15, -0.1) is 0 Å². The van der Waals surface area contributed by atoms with Gasteiger partial charge in [0.15, 0.2) is 13.2 Å². The average molecular weight is 342 g/mol. The van der Waals surface area contributed by atoms with Crippen LogP contribution in [0.3, 0.4) is 0 Å². The van der Waals surface area contributed by atoms with Gasteiger partial charge in [0.1, 0.15) is 0 Å². The van der Waals surface area contributed by atoms with Crippen LogP contribution in [0.4, 0.5) is 26.3 Å². The van der Waals surface area contributed by atoms with Crippen molar-refractivity contribution in [3.05, 3.63) is 0 Å². The molecule has 0 aromatic carbocycles. The second-order valence-corrected chi connectivity index (χ2v) is 5.84. The SMILES string of the molecule is O=P(O)(O)OP(=O)(OCC(F)(F)F)OCC(F)(F)F. The molecule has 0 radical (unpaired) electrons. The predicted molar refractivity (Wildman–Crippen MR) is 44.7 cm³/mol. The molecule has 19 heavy (non-hydrogen) atoms. The number of rotatable bonds is 6. The van der Waals surface area contributed by atoms with Crippen molar-refractivity contribution < 1.29 is 58.6 Å². The summed E-state index contributed by atoms with van der Waals surface area (Å²) in [4.78, 5) is 16.4. The number of hydrogen-bond acceptors (Lipinski definition) is 5. The van der Waals surface area contributed by atoms with Gasteiger partial charge < -0.3 is 9.79 Å². The van der Waals surface area contributed by atoms with Crippen molar-refractivity contribution in [3.63, 3.8) is 0 Å². The van der Waals surface area contributed by atoms with Crippen LogP contribution in [0.2, 0.25) is 0 Å². The van der Waals surface area contributed by atoms with E-state index in [2.05, 4.69) is 13.4 Å². The normalized spacial score (nSPS) is 14.7. The van der Waals surface area contributed by atoms with E-state index in [1.54, 1.807) is 0 Å². The van der Waals surface area contributed by atoms with Crippen molar-refractivity contribution in [1.29, 1.82) is 0 Å². The van der Waals surface area contributed by atoms with Crippen molar-refractivity contribution in [2.45, 2.75) is 12.4 Å². The van der Waals surface area contributed by atoms with Crippen molar-refractivity contribution in [2.75, 3.05) is 13.2 Å². The second-order valence-electron chi connectivity index (χ2n) is 2.80. The molecule has 0 saturated carbocycles. The number of alkyl halides is 6. The Bertz CT molecular complexity index is 362. The van der Waals surface area contributed by atoms with Crippen molar-refractivity contribution in [1.82, 2.24) is 0 Å². The molecular weight excluding hydrogens is 336 g/mol. The Hall–Kier alpha value is -0.160. The van der Waals surface area contributed by atoms with Crippen LogP contribution in [0.15, 0.2) is 0 Å². The van der Waals surface area contributed by atoms with E-state index in [0.717, 1.165) is 0 Å². The Morgan fingerprint density at radius 3 is 1.37 bits per heavy atom. The Morgan fingerprint density at radius 2 is 1.16 bits per heavy atom. The van der Waals surface area contributed by atoms with E-state index in [1.165, 1.54) is 0 Å². The van der Waals surface area contributed by atoms with Crippen molar-refractivity contribution in [3.8, 4) is 0 Å². The minimum atomic E-state index is -5.74. The van der Waals surface area contributed by atoms with Crippen LogP contribution in [0.5, 0.6) is 0 Å². The molecule has 0 spiro atoms. The fourth-order valence-corrected chi connectivity index (χ4v) is 2.62. The minimum Gasteiger partial charge on any atom is -0.302 e. The Balaban J connectivity index is 4.83. The monoisotopic (exact) mass is 342 g/mol. The zero-order valence-corrected chi connectivity index (χ0v) is 10.3. The molecule has 0 bridgehead atoms.